The second kappa shape index (κ2) is 4.19. The number of aromatic nitrogens is 1. The molecule has 0 N–H and O–H groups in total. The van der Waals surface area contributed by atoms with Gasteiger partial charge in [0, 0.05) is 16.8 Å². The van der Waals surface area contributed by atoms with Crippen LogP contribution in [0.25, 0.3) is 11.3 Å². The number of benzene rings is 1. The van der Waals surface area contributed by atoms with E-state index in [4.69, 9.17) is 16.6 Å². The van der Waals surface area contributed by atoms with Gasteiger partial charge in [-0.2, -0.15) is 0 Å². The van der Waals surface area contributed by atoms with Gasteiger partial charge in [0.2, 0.25) is 0 Å². The van der Waals surface area contributed by atoms with Crippen molar-refractivity contribution >= 4 is 11.6 Å². The summed E-state index contributed by atoms with van der Waals surface area (Å²) in [4.78, 5) is 4.83. The van der Waals surface area contributed by atoms with Gasteiger partial charge < -0.3 is 0 Å². The second-order valence-corrected chi connectivity index (χ2v) is 8.78. The van der Waals surface area contributed by atoms with Crippen LogP contribution in [0.1, 0.15) is 55.1 Å². The molecule has 6 rings (SSSR count). The molecule has 4 aliphatic rings. The molecule has 0 radical (unpaired) electrons. The molecule has 0 aliphatic heterocycles. The largest absolute Gasteiger partial charge is 0.256 e. The quantitative estimate of drug-likeness (QED) is 0.647. The Morgan fingerprint density at radius 3 is 2.35 bits per heavy atom. The molecule has 23 heavy (non-hydrogen) atoms. The molecule has 1 spiro atoms. The molecule has 2 heteroatoms. The molecule has 1 heterocycles. The van der Waals surface area contributed by atoms with Gasteiger partial charge in [0.15, 0.2) is 0 Å². The van der Waals surface area contributed by atoms with Crippen molar-refractivity contribution in [3.63, 3.8) is 0 Å². The molecular weight excluding hydrogens is 302 g/mol. The lowest BCUT2D eigenvalue weighted by atomic mass is 9.56. The Balaban J connectivity index is 1.49. The van der Waals surface area contributed by atoms with Gasteiger partial charge in [-0.3, -0.25) is 4.98 Å². The van der Waals surface area contributed by atoms with Crippen LogP contribution in [0.2, 0.25) is 5.02 Å². The lowest BCUT2D eigenvalue weighted by molar-refractivity contribution is 0.00322. The van der Waals surface area contributed by atoms with Gasteiger partial charge in [0.1, 0.15) is 0 Å². The number of fused-ring (bicyclic) bond motifs is 5. The number of rotatable bonds is 1. The van der Waals surface area contributed by atoms with E-state index in [9.17, 15) is 0 Å². The minimum absolute atomic E-state index is 0.731. The molecule has 3 fully saturated rings. The first-order valence-electron chi connectivity index (χ1n) is 8.99. The lowest BCUT2D eigenvalue weighted by Gasteiger charge is -2.48. The van der Waals surface area contributed by atoms with Crippen molar-refractivity contribution in [1.82, 2.24) is 4.98 Å². The molecule has 3 bridgehead atoms. The highest BCUT2D eigenvalue weighted by Crippen LogP contribution is 2.75. The predicted octanol–water partition coefficient (Wildman–Crippen LogP) is 5.79. The maximum Gasteiger partial charge on any atom is 0.0705 e. The summed E-state index contributed by atoms with van der Waals surface area (Å²) in [7, 11) is 0. The van der Waals surface area contributed by atoms with Crippen LogP contribution in [0, 0.1) is 17.3 Å². The zero-order valence-corrected chi connectivity index (χ0v) is 13.9. The van der Waals surface area contributed by atoms with Crippen molar-refractivity contribution in [2.45, 2.75) is 43.9 Å². The SMILES string of the molecule is Clc1ccc(-c2cc3c(cn2)C2CC4CC5CC3CC45C2)cc1. The van der Waals surface area contributed by atoms with Crippen LogP contribution in [0.3, 0.4) is 0 Å². The normalized spacial score (nSPS) is 38.8. The Bertz CT molecular complexity index is 811. The summed E-state index contributed by atoms with van der Waals surface area (Å²) >= 11 is 6.03. The van der Waals surface area contributed by atoms with E-state index < -0.39 is 0 Å². The third-order valence-corrected chi connectivity index (χ3v) is 7.83. The van der Waals surface area contributed by atoms with Gasteiger partial charge in [0.25, 0.3) is 0 Å². The molecule has 1 nitrogen and oxygen atoms in total. The van der Waals surface area contributed by atoms with E-state index in [1.54, 1.807) is 11.1 Å². The fourth-order valence-corrected chi connectivity index (χ4v) is 6.72. The third-order valence-electron chi connectivity index (χ3n) is 7.57. The Hall–Kier alpha value is -1.34. The van der Waals surface area contributed by atoms with Gasteiger partial charge in [-0.05, 0) is 90.5 Å². The molecular formula is C21H20ClN. The molecule has 5 unspecified atom stereocenters. The summed E-state index contributed by atoms with van der Waals surface area (Å²) in [5, 5.41) is 0.790. The molecule has 1 aromatic heterocycles. The number of nitrogens with zero attached hydrogens (tertiary/aromatic N) is 1. The summed E-state index contributed by atoms with van der Waals surface area (Å²) in [6, 6.07) is 10.5. The summed E-state index contributed by atoms with van der Waals surface area (Å²) in [6.07, 6.45) is 9.49. The monoisotopic (exact) mass is 321 g/mol. The van der Waals surface area contributed by atoms with E-state index in [1.807, 2.05) is 12.1 Å². The van der Waals surface area contributed by atoms with E-state index >= 15 is 0 Å². The van der Waals surface area contributed by atoms with Crippen LogP contribution < -0.4 is 0 Å². The lowest BCUT2D eigenvalue weighted by Crippen LogP contribution is -2.41. The Kier molecular flexibility index (Phi) is 2.37. The summed E-state index contributed by atoms with van der Waals surface area (Å²) in [6.45, 7) is 0. The predicted molar refractivity (Wildman–Crippen MR) is 92.7 cm³/mol. The van der Waals surface area contributed by atoms with Gasteiger partial charge in [0.05, 0.1) is 5.69 Å². The minimum Gasteiger partial charge on any atom is -0.256 e. The summed E-state index contributed by atoms with van der Waals surface area (Å²) in [5.41, 5.74) is 6.24. The van der Waals surface area contributed by atoms with Crippen molar-refractivity contribution < 1.29 is 0 Å². The molecule has 2 aromatic rings. The number of hydrogen-bond donors (Lipinski definition) is 0. The third kappa shape index (κ3) is 1.57. The average Bonchev–Trinajstić information content (AvgIpc) is 2.98. The fourth-order valence-electron chi connectivity index (χ4n) is 6.60. The molecule has 116 valence electrons. The topological polar surface area (TPSA) is 12.9 Å². The van der Waals surface area contributed by atoms with Crippen molar-refractivity contribution in [1.29, 1.82) is 0 Å². The Morgan fingerprint density at radius 1 is 0.913 bits per heavy atom. The molecule has 0 amide bonds. The molecule has 5 atom stereocenters. The minimum atomic E-state index is 0.731. The summed E-state index contributed by atoms with van der Waals surface area (Å²) < 4.78 is 0. The standard InChI is InChI=1S/C21H20ClN/c22-17-3-1-12(2-4-17)20-8-18-13-5-15-7-16-6-14(19(18)11-23-20)10-21(15,16)9-13/h1-4,8,11,13-16H,5-7,9-10H2. The van der Waals surface area contributed by atoms with Crippen LogP contribution >= 0.6 is 11.6 Å². The highest BCUT2D eigenvalue weighted by Gasteiger charge is 2.65. The van der Waals surface area contributed by atoms with Gasteiger partial charge >= 0.3 is 0 Å². The summed E-state index contributed by atoms with van der Waals surface area (Å²) in [5.74, 6) is 3.64. The van der Waals surface area contributed by atoms with Crippen LogP contribution in [0.15, 0.2) is 36.5 Å². The van der Waals surface area contributed by atoms with E-state index in [1.165, 1.54) is 37.7 Å². The fraction of sp³-hybridized carbons (Fsp3) is 0.476. The van der Waals surface area contributed by atoms with E-state index in [0.29, 0.717) is 0 Å². The van der Waals surface area contributed by atoms with E-state index in [0.717, 1.165) is 39.8 Å². The number of pyridine rings is 1. The average molecular weight is 322 g/mol. The molecule has 4 aliphatic carbocycles. The van der Waals surface area contributed by atoms with E-state index in [2.05, 4.69) is 24.4 Å². The van der Waals surface area contributed by atoms with Gasteiger partial charge in [-0.1, -0.05) is 23.7 Å². The molecule has 3 saturated carbocycles. The highest BCUT2D eigenvalue weighted by molar-refractivity contribution is 6.30. The van der Waals surface area contributed by atoms with Crippen molar-refractivity contribution in [3.05, 3.63) is 52.7 Å². The number of halogens is 1. The highest BCUT2D eigenvalue weighted by atomic mass is 35.5. The van der Waals surface area contributed by atoms with Crippen LogP contribution in [0.5, 0.6) is 0 Å². The molecule has 1 aromatic carbocycles. The van der Waals surface area contributed by atoms with E-state index in [-0.39, 0.29) is 0 Å². The Labute approximate surface area is 142 Å². The maximum absolute atomic E-state index is 6.03. The van der Waals surface area contributed by atoms with Crippen molar-refractivity contribution in [2.24, 2.45) is 17.3 Å². The Morgan fingerprint density at radius 2 is 1.61 bits per heavy atom. The van der Waals surface area contributed by atoms with Crippen LogP contribution in [-0.2, 0) is 0 Å². The zero-order valence-electron chi connectivity index (χ0n) is 13.1. The van der Waals surface area contributed by atoms with Gasteiger partial charge in [-0.15, -0.1) is 0 Å². The maximum atomic E-state index is 6.03. The zero-order chi connectivity index (χ0) is 15.2. The first-order chi connectivity index (χ1) is 11.2. The number of hydrogen-bond acceptors (Lipinski definition) is 1. The van der Waals surface area contributed by atoms with Crippen LogP contribution in [-0.4, -0.2) is 4.98 Å². The van der Waals surface area contributed by atoms with Crippen LogP contribution in [0.4, 0.5) is 0 Å². The smallest absolute Gasteiger partial charge is 0.0705 e. The first-order valence-corrected chi connectivity index (χ1v) is 9.36. The van der Waals surface area contributed by atoms with Crippen molar-refractivity contribution in [2.75, 3.05) is 0 Å². The first kappa shape index (κ1) is 13.0. The van der Waals surface area contributed by atoms with Gasteiger partial charge in [-0.25, -0.2) is 0 Å². The molecule has 0 saturated heterocycles. The van der Waals surface area contributed by atoms with Crippen molar-refractivity contribution in [3.8, 4) is 11.3 Å². The second-order valence-electron chi connectivity index (χ2n) is 8.34.